The molecule has 4 heteroatoms. The molecule has 0 amide bonds. The predicted octanol–water partition coefficient (Wildman–Crippen LogP) is 1.65. The second kappa shape index (κ2) is 6.11. The van der Waals surface area contributed by atoms with Crippen molar-refractivity contribution in [2.75, 3.05) is 6.54 Å². The van der Waals surface area contributed by atoms with E-state index in [0.717, 1.165) is 25.9 Å². The summed E-state index contributed by atoms with van der Waals surface area (Å²) < 4.78 is 0. The van der Waals surface area contributed by atoms with Crippen LogP contribution in [0.4, 0.5) is 0 Å². The zero-order valence-electron chi connectivity index (χ0n) is 11.4. The van der Waals surface area contributed by atoms with Crippen molar-refractivity contribution in [2.45, 2.75) is 31.5 Å². The van der Waals surface area contributed by atoms with E-state index >= 15 is 0 Å². The van der Waals surface area contributed by atoms with E-state index in [1.807, 2.05) is 49.1 Å². The molecule has 4 nitrogen and oxygen atoms in total. The fourth-order valence-electron chi connectivity index (χ4n) is 2.84. The molecule has 2 atom stereocenters. The lowest BCUT2D eigenvalue weighted by atomic mass is 10.0. The molecule has 0 spiro atoms. The van der Waals surface area contributed by atoms with Crippen LogP contribution >= 0.6 is 0 Å². The molecule has 1 aliphatic rings. The summed E-state index contributed by atoms with van der Waals surface area (Å²) in [5.74, 6) is 0. The third-order valence-electron chi connectivity index (χ3n) is 3.95. The number of nitrogens with zero attached hydrogens (tertiary/aromatic N) is 3. The average molecular weight is 269 g/mol. The molecule has 0 aliphatic carbocycles. The zero-order valence-corrected chi connectivity index (χ0v) is 11.4. The van der Waals surface area contributed by atoms with Gasteiger partial charge in [0.2, 0.25) is 0 Å². The highest BCUT2D eigenvalue weighted by atomic mass is 16.3. The van der Waals surface area contributed by atoms with Crippen LogP contribution < -0.4 is 0 Å². The van der Waals surface area contributed by atoms with Gasteiger partial charge in [0.1, 0.15) is 0 Å². The minimum Gasteiger partial charge on any atom is -0.391 e. The van der Waals surface area contributed by atoms with E-state index in [1.54, 1.807) is 0 Å². The Bertz CT molecular complexity index is 532. The summed E-state index contributed by atoms with van der Waals surface area (Å²) in [5, 5.41) is 10.2. The summed E-state index contributed by atoms with van der Waals surface area (Å²) in [4.78, 5) is 10.5. The van der Waals surface area contributed by atoms with Crippen LogP contribution in [0.5, 0.6) is 0 Å². The van der Waals surface area contributed by atoms with Crippen molar-refractivity contribution in [3.63, 3.8) is 0 Å². The van der Waals surface area contributed by atoms with Gasteiger partial charge in [-0.25, -0.2) is 0 Å². The summed E-state index contributed by atoms with van der Waals surface area (Å²) in [6.45, 7) is 1.81. The number of likely N-dealkylation sites (tertiary alicyclic amines) is 1. The van der Waals surface area contributed by atoms with Gasteiger partial charge in [0.05, 0.1) is 6.10 Å². The van der Waals surface area contributed by atoms with Crippen LogP contribution in [0.1, 0.15) is 17.5 Å². The van der Waals surface area contributed by atoms with Crippen molar-refractivity contribution in [3.8, 4) is 0 Å². The van der Waals surface area contributed by atoms with Crippen molar-refractivity contribution in [2.24, 2.45) is 0 Å². The highest BCUT2D eigenvalue weighted by Crippen LogP contribution is 2.23. The second-order valence-corrected chi connectivity index (χ2v) is 5.31. The van der Waals surface area contributed by atoms with E-state index in [-0.39, 0.29) is 12.1 Å². The van der Waals surface area contributed by atoms with Gasteiger partial charge in [0.15, 0.2) is 0 Å². The number of pyridine rings is 2. The Labute approximate surface area is 119 Å². The number of aromatic nitrogens is 2. The maximum absolute atomic E-state index is 10.2. The van der Waals surface area contributed by atoms with Crippen LogP contribution in [0.25, 0.3) is 0 Å². The lowest BCUT2D eigenvalue weighted by molar-refractivity contribution is 0.112. The van der Waals surface area contributed by atoms with Gasteiger partial charge in [0, 0.05) is 43.9 Å². The predicted molar refractivity (Wildman–Crippen MR) is 77.0 cm³/mol. The number of aliphatic hydroxyl groups excluding tert-OH is 1. The standard InChI is InChI=1S/C16H19N3O/c20-16-5-10-19(12-14-3-8-18-9-4-14)15(16)11-13-1-6-17-7-2-13/h1-4,6-9,15-16,20H,5,10-12H2/t15-,16-/m0/s1. The van der Waals surface area contributed by atoms with Gasteiger partial charge in [-0.1, -0.05) is 0 Å². The minimum absolute atomic E-state index is 0.186. The molecule has 0 unspecified atom stereocenters. The van der Waals surface area contributed by atoms with E-state index in [4.69, 9.17) is 0 Å². The van der Waals surface area contributed by atoms with Crippen LogP contribution in [0.15, 0.2) is 49.1 Å². The second-order valence-electron chi connectivity index (χ2n) is 5.31. The third-order valence-corrected chi connectivity index (χ3v) is 3.95. The molecule has 1 N–H and O–H groups in total. The summed E-state index contributed by atoms with van der Waals surface area (Å²) in [6.07, 6.45) is 8.73. The molecule has 1 saturated heterocycles. The Morgan fingerprint density at radius 3 is 2.25 bits per heavy atom. The molecular weight excluding hydrogens is 250 g/mol. The fourth-order valence-corrected chi connectivity index (χ4v) is 2.84. The molecule has 1 fully saturated rings. The highest BCUT2D eigenvalue weighted by molar-refractivity contribution is 5.14. The van der Waals surface area contributed by atoms with Crippen molar-refractivity contribution < 1.29 is 5.11 Å². The lowest BCUT2D eigenvalue weighted by Gasteiger charge is -2.26. The topological polar surface area (TPSA) is 49.2 Å². The summed E-state index contributed by atoms with van der Waals surface area (Å²) >= 11 is 0. The Balaban J connectivity index is 1.70. The van der Waals surface area contributed by atoms with Gasteiger partial charge >= 0.3 is 0 Å². The summed E-state index contributed by atoms with van der Waals surface area (Å²) in [6, 6.07) is 8.30. The fraction of sp³-hybridized carbons (Fsp3) is 0.375. The maximum atomic E-state index is 10.2. The molecule has 3 rings (SSSR count). The molecular formula is C16H19N3O. The number of rotatable bonds is 4. The van der Waals surface area contributed by atoms with Crippen LogP contribution in [-0.2, 0) is 13.0 Å². The van der Waals surface area contributed by atoms with Crippen LogP contribution in [0.3, 0.4) is 0 Å². The van der Waals surface area contributed by atoms with Gasteiger partial charge in [-0.3, -0.25) is 14.9 Å². The number of hydrogen-bond acceptors (Lipinski definition) is 4. The van der Waals surface area contributed by atoms with Gasteiger partial charge in [0.25, 0.3) is 0 Å². The largest absolute Gasteiger partial charge is 0.391 e. The van der Waals surface area contributed by atoms with Gasteiger partial charge in [-0.05, 0) is 48.2 Å². The first kappa shape index (κ1) is 13.2. The third kappa shape index (κ3) is 3.03. The lowest BCUT2D eigenvalue weighted by Crippen LogP contribution is -2.36. The molecule has 0 aromatic carbocycles. The summed E-state index contributed by atoms with van der Waals surface area (Å²) in [5.41, 5.74) is 2.47. The Morgan fingerprint density at radius 1 is 1.00 bits per heavy atom. The van der Waals surface area contributed by atoms with Gasteiger partial charge in [-0.15, -0.1) is 0 Å². The first-order chi connectivity index (χ1) is 9.83. The monoisotopic (exact) mass is 269 g/mol. The smallest absolute Gasteiger partial charge is 0.0710 e. The minimum atomic E-state index is -0.245. The van der Waals surface area contributed by atoms with Crippen molar-refractivity contribution in [1.29, 1.82) is 0 Å². The highest BCUT2D eigenvalue weighted by Gasteiger charge is 2.32. The maximum Gasteiger partial charge on any atom is 0.0710 e. The quantitative estimate of drug-likeness (QED) is 0.917. The van der Waals surface area contributed by atoms with E-state index in [2.05, 4.69) is 14.9 Å². The van der Waals surface area contributed by atoms with E-state index in [0.29, 0.717) is 0 Å². The SMILES string of the molecule is O[C@H]1CCN(Cc2ccncc2)[C@H]1Cc1ccncc1. The first-order valence-electron chi connectivity index (χ1n) is 7.03. The Kier molecular flexibility index (Phi) is 4.04. The van der Waals surface area contributed by atoms with Gasteiger partial charge < -0.3 is 5.11 Å². The number of aliphatic hydroxyl groups is 1. The van der Waals surface area contributed by atoms with Crippen LogP contribution in [0, 0.1) is 0 Å². The van der Waals surface area contributed by atoms with E-state index < -0.39 is 0 Å². The number of hydrogen-bond donors (Lipinski definition) is 1. The molecule has 3 heterocycles. The van der Waals surface area contributed by atoms with E-state index in [9.17, 15) is 5.11 Å². The molecule has 0 saturated carbocycles. The summed E-state index contributed by atoms with van der Waals surface area (Å²) in [7, 11) is 0. The Morgan fingerprint density at radius 2 is 1.60 bits per heavy atom. The zero-order chi connectivity index (χ0) is 13.8. The average Bonchev–Trinajstić information content (AvgIpc) is 2.83. The molecule has 2 aromatic rings. The van der Waals surface area contributed by atoms with Crippen LogP contribution in [0.2, 0.25) is 0 Å². The molecule has 0 radical (unpaired) electrons. The van der Waals surface area contributed by atoms with Crippen LogP contribution in [-0.4, -0.2) is 38.7 Å². The molecule has 20 heavy (non-hydrogen) atoms. The normalized spacial score (nSPS) is 23.1. The van der Waals surface area contributed by atoms with Crippen molar-refractivity contribution >= 4 is 0 Å². The Hall–Kier alpha value is -1.78. The van der Waals surface area contributed by atoms with Crippen molar-refractivity contribution in [1.82, 2.24) is 14.9 Å². The molecule has 0 bridgehead atoms. The van der Waals surface area contributed by atoms with Crippen molar-refractivity contribution in [3.05, 3.63) is 60.2 Å². The molecule has 2 aromatic heterocycles. The molecule has 104 valence electrons. The van der Waals surface area contributed by atoms with Gasteiger partial charge in [-0.2, -0.15) is 0 Å². The first-order valence-corrected chi connectivity index (χ1v) is 7.03. The molecule has 1 aliphatic heterocycles. The van der Waals surface area contributed by atoms with E-state index in [1.165, 1.54) is 11.1 Å².